The van der Waals surface area contributed by atoms with E-state index in [1.165, 1.54) is 24.8 Å². The van der Waals surface area contributed by atoms with Crippen LogP contribution in [0.25, 0.3) is 0 Å². The molecule has 7 heteroatoms. The third-order valence-electron chi connectivity index (χ3n) is 3.81. The smallest absolute Gasteiger partial charge is 0.273 e. The molecule has 0 aliphatic carbocycles. The summed E-state index contributed by atoms with van der Waals surface area (Å²) in [5, 5.41) is 17.5. The van der Waals surface area contributed by atoms with Crippen molar-refractivity contribution in [1.29, 1.82) is 0 Å². The molecular weight excluding hydrogens is 338 g/mol. The number of non-ortho nitro benzene ring substituents is 1. The van der Waals surface area contributed by atoms with Gasteiger partial charge in [-0.25, -0.2) is 0 Å². The second-order valence-corrected chi connectivity index (χ2v) is 6.32. The molecule has 0 aliphatic rings. The Morgan fingerprint density at radius 2 is 1.96 bits per heavy atom. The topological polar surface area (TPSA) is 76.4 Å². The lowest BCUT2D eigenvalue weighted by Crippen LogP contribution is -2.21. The van der Waals surface area contributed by atoms with E-state index in [4.69, 9.17) is 17.0 Å². The molecule has 0 atom stereocenters. The van der Waals surface area contributed by atoms with E-state index in [-0.39, 0.29) is 5.69 Å². The van der Waals surface area contributed by atoms with Crippen LogP contribution < -0.4 is 15.4 Å². The van der Waals surface area contributed by atoms with Gasteiger partial charge in [0.05, 0.1) is 23.8 Å². The summed E-state index contributed by atoms with van der Waals surface area (Å²) in [5.41, 5.74) is 3.74. The number of aryl methyl sites for hydroxylation is 1. The lowest BCUT2D eigenvalue weighted by molar-refractivity contribution is -0.384. The van der Waals surface area contributed by atoms with Gasteiger partial charge in [-0.2, -0.15) is 0 Å². The highest BCUT2D eigenvalue weighted by molar-refractivity contribution is 7.80. The third kappa shape index (κ3) is 4.45. The van der Waals surface area contributed by atoms with Crippen molar-refractivity contribution >= 4 is 34.4 Å². The van der Waals surface area contributed by atoms with Crippen LogP contribution in [0.15, 0.2) is 36.4 Å². The van der Waals surface area contributed by atoms with Crippen molar-refractivity contribution in [3.05, 3.63) is 57.6 Å². The number of thiocarbonyl (C=S) groups is 1. The standard InChI is InChI=1S/C18H21N3O3S/c1-11(2)14-7-5-6-12(3)17(14)20-18(25)19-15-9-8-13(21(22)23)10-16(15)24-4/h5-11H,1-4H3,(H2,19,20,25). The highest BCUT2D eigenvalue weighted by Crippen LogP contribution is 2.30. The van der Waals surface area contributed by atoms with Gasteiger partial charge in [-0.3, -0.25) is 10.1 Å². The molecule has 2 N–H and O–H groups in total. The Kier molecular flexibility index (Phi) is 5.93. The Bertz CT molecular complexity index is 806. The van der Waals surface area contributed by atoms with E-state index in [0.29, 0.717) is 22.5 Å². The van der Waals surface area contributed by atoms with E-state index in [0.717, 1.165) is 11.3 Å². The third-order valence-corrected chi connectivity index (χ3v) is 4.01. The molecule has 0 heterocycles. The van der Waals surface area contributed by atoms with Crippen molar-refractivity contribution in [2.45, 2.75) is 26.7 Å². The van der Waals surface area contributed by atoms with Crippen molar-refractivity contribution in [2.75, 3.05) is 17.7 Å². The summed E-state index contributed by atoms with van der Waals surface area (Å²) < 4.78 is 5.22. The maximum Gasteiger partial charge on any atom is 0.273 e. The van der Waals surface area contributed by atoms with E-state index in [1.807, 2.05) is 19.1 Å². The zero-order valence-corrected chi connectivity index (χ0v) is 15.4. The highest BCUT2D eigenvalue weighted by atomic mass is 32.1. The molecule has 2 aromatic rings. The van der Waals surface area contributed by atoms with Crippen LogP contribution >= 0.6 is 12.2 Å². The van der Waals surface area contributed by atoms with Crippen LogP contribution in [0.3, 0.4) is 0 Å². The average molecular weight is 359 g/mol. The van der Waals surface area contributed by atoms with Gasteiger partial charge >= 0.3 is 0 Å². The second kappa shape index (κ2) is 7.94. The molecule has 132 valence electrons. The number of hydrogen-bond acceptors (Lipinski definition) is 4. The van der Waals surface area contributed by atoms with Crippen molar-refractivity contribution in [3.8, 4) is 5.75 Å². The Hall–Kier alpha value is -2.67. The lowest BCUT2D eigenvalue weighted by Gasteiger charge is -2.19. The van der Waals surface area contributed by atoms with Crippen LogP contribution in [-0.2, 0) is 0 Å². The molecule has 0 saturated carbocycles. The molecule has 0 aromatic heterocycles. The van der Waals surface area contributed by atoms with Crippen molar-refractivity contribution in [1.82, 2.24) is 0 Å². The van der Waals surface area contributed by atoms with Gasteiger partial charge in [0.1, 0.15) is 5.75 Å². The first-order chi connectivity index (χ1) is 11.8. The van der Waals surface area contributed by atoms with Gasteiger partial charge in [-0.15, -0.1) is 0 Å². The number of nitrogens with one attached hydrogen (secondary N) is 2. The van der Waals surface area contributed by atoms with Gasteiger partial charge < -0.3 is 15.4 Å². The van der Waals surface area contributed by atoms with Crippen LogP contribution in [0.2, 0.25) is 0 Å². The molecule has 2 aromatic carbocycles. The quantitative estimate of drug-likeness (QED) is 0.452. The molecule has 0 spiro atoms. The Morgan fingerprint density at radius 1 is 1.24 bits per heavy atom. The number of para-hydroxylation sites is 1. The molecule has 6 nitrogen and oxygen atoms in total. The molecule has 0 bridgehead atoms. The number of nitro benzene ring substituents is 1. The maximum absolute atomic E-state index is 10.9. The summed E-state index contributed by atoms with van der Waals surface area (Å²) in [6.45, 7) is 6.26. The number of rotatable bonds is 5. The van der Waals surface area contributed by atoms with Gasteiger partial charge in [-0.05, 0) is 42.3 Å². The number of methoxy groups -OCH3 is 1. The largest absolute Gasteiger partial charge is 0.494 e. The zero-order chi connectivity index (χ0) is 18.6. The minimum atomic E-state index is -0.467. The Labute approximate surface area is 152 Å². The minimum Gasteiger partial charge on any atom is -0.494 e. The zero-order valence-electron chi connectivity index (χ0n) is 14.6. The predicted octanol–water partition coefficient (Wildman–Crippen LogP) is 4.84. The van der Waals surface area contributed by atoms with Crippen molar-refractivity contribution in [2.24, 2.45) is 0 Å². The van der Waals surface area contributed by atoms with Crippen LogP contribution in [0.5, 0.6) is 5.75 Å². The highest BCUT2D eigenvalue weighted by Gasteiger charge is 2.14. The average Bonchev–Trinajstić information content (AvgIpc) is 2.56. The van der Waals surface area contributed by atoms with E-state index in [1.54, 1.807) is 6.07 Å². The number of nitro groups is 1. The fraction of sp³-hybridized carbons (Fsp3) is 0.278. The fourth-order valence-electron chi connectivity index (χ4n) is 2.51. The van der Waals surface area contributed by atoms with E-state index < -0.39 is 4.92 Å². The molecule has 2 rings (SSSR count). The molecule has 0 aliphatic heterocycles. The van der Waals surface area contributed by atoms with Crippen molar-refractivity contribution < 1.29 is 9.66 Å². The molecule has 0 unspecified atom stereocenters. The summed E-state index contributed by atoms with van der Waals surface area (Å²) in [6.07, 6.45) is 0. The lowest BCUT2D eigenvalue weighted by atomic mass is 9.98. The first-order valence-corrected chi connectivity index (χ1v) is 8.24. The van der Waals surface area contributed by atoms with E-state index in [9.17, 15) is 10.1 Å². The minimum absolute atomic E-state index is 0.0396. The van der Waals surface area contributed by atoms with Crippen LogP contribution in [0.1, 0.15) is 30.9 Å². The fourth-order valence-corrected chi connectivity index (χ4v) is 2.72. The van der Waals surface area contributed by atoms with Gasteiger partial charge in [0.25, 0.3) is 5.69 Å². The molecule has 25 heavy (non-hydrogen) atoms. The predicted molar refractivity (Wildman–Crippen MR) is 105 cm³/mol. The monoisotopic (exact) mass is 359 g/mol. The summed E-state index contributed by atoms with van der Waals surface area (Å²) >= 11 is 5.40. The Balaban J connectivity index is 2.23. The van der Waals surface area contributed by atoms with Gasteiger partial charge in [0.15, 0.2) is 5.11 Å². The molecule has 0 radical (unpaired) electrons. The number of ether oxygens (including phenoxy) is 1. The summed E-state index contributed by atoms with van der Waals surface area (Å²) in [7, 11) is 1.46. The summed E-state index contributed by atoms with van der Waals surface area (Å²) in [5.74, 6) is 0.700. The maximum atomic E-state index is 10.9. The Morgan fingerprint density at radius 3 is 2.56 bits per heavy atom. The molecule has 0 fully saturated rings. The second-order valence-electron chi connectivity index (χ2n) is 5.91. The normalized spacial score (nSPS) is 10.4. The SMILES string of the molecule is COc1cc([N+](=O)[O-])ccc1NC(=S)Nc1c(C)cccc1C(C)C. The number of benzene rings is 2. The number of hydrogen-bond donors (Lipinski definition) is 2. The summed E-state index contributed by atoms with van der Waals surface area (Å²) in [4.78, 5) is 10.4. The number of nitrogens with zero attached hydrogens (tertiary/aromatic N) is 1. The summed E-state index contributed by atoms with van der Waals surface area (Å²) in [6, 6.07) is 10.4. The number of anilines is 2. The first kappa shape index (κ1) is 18.7. The van der Waals surface area contributed by atoms with Gasteiger partial charge in [0.2, 0.25) is 0 Å². The van der Waals surface area contributed by atoms with E-state index >= 15 is 0 Å². The molecular formula is C18H21N3O3S. The molecule has 0 amide bonds. The van der Waals surface area contributed by atoms with Crippen LogP contribution in [0, 0.1) is 17.0 Å². The van der Waals surface area contributed by atoms with Crippen molar-refractivity contribution in [3.63, 3.8) is 0 Å². The van der Waals surface area contributed by atoms with Crippen LogP contribution in [-0.4, -0.2) is 17.1 Å². The molecule has 0 saturated heterocycles. The van der Waals surface area contributed by atoms with Gasteiger partial charge in [-0.1, -0.05) is 32.0 Å². The first-order valence-electron chi connectivity index (χ1n) is 7.83. The van der Waals surface area contributed by atoms with Gasteiger partial charge in [0, 0.05) is 11.8 Å². The van der Waals surface area contributed by atoms with E-state index in [2.05, 4.69) is 30.5 Å². The van der Waals surface area contributed by atoms with Crippen LogP contribution in [0.4, 0.5) is 17.1 Å².